The van der Waals surface area contributed by atoms with E-state index in [1.165, 1.54) is 11.3 Å². The highest BCUT2D eigenvalue weighted by atomic mass is 32.1. The van der Waals surface area contributed by atoms with Crippen LogP contribution in [0.2, 0.25) is 0 Å². The van der Waals surface area contributed by atoms with Crippen molar-refractivity contribution in [1.29, 1.82) is 0 Å². The van der Waals surface area contributed by atoms with Crippen LogP contribution in [0, 0.1) is 0 Å². The molecule has 0 saturated carbocycles. The maximum absolute atomic E-state index is 12.5. The number of hydrogen-bond donors (Lipinski definition) is 1. The number of thiazole rings is 1. The highest BCUT2D eigenvalue weighted by Crippen LogP contribution is 2.25. The SMILES string of the molecule is Cn1cc(-c2csc(NC(=O)c3ccc(N4CCOCC4)cc3)n2)cn1. The number of carbonyl (C=O) groups excluding carboxylic acids is 1. The van der Waals surface area contributed by atoms with Crippen LogP contribution in [0.5, 0.6) is 0 Å². The summed E-state index contributed by atoms with van der Waals surface area (Å²) in [5.41, 5.74) is 3.46. The number of ether oxygens (including phenoxy) is 1. The van der Waals surface area contributed by atoms with Crippen LogP contribution in [0.4, 0.5) is 10.8 Å². The Bertz CT molecular complexity index is 896. The molecule has 0 unspecified atom stereocenters. The highest BCUT2D eigenvalue weighted by Gasteiger charge is 2.14. The van der Waals surface area contributed by atoms with Crippen molar-refractivity contribution in [2.24, 2.45) is 7.05 Å². The molecule has 1 aromatic carbocycles. The maximum Gasteiger partial charge on any atom is 0.257 e. The number of hydrogen-bond acceptors (Lipinski definition) is 6. The molecule has 0 radical (unpaired) electrons. The third-order valence-corrected chi connectivity index (χ3v) is 4.99. The van der Waals surface area contributed by atoms with Gasteiger partial charge >= 0.3 is 0 Å². The first-order valence-corrected chi connectivity index (χ1v) is 9.26. The molecule has 4 rings (SSSR count). The lowest BCUT2D eigenvalue weighted by atomic mass is 10.2. The predicted octanol–water partition coefficient (Wildman–Crippen LogP) is 2.63. The molecule has 2 aromatic heterocycles. The fraction of sp³-hybridized carbons (Fsp3) is 0.278. The molecule has 3 heterocycles. The van der Waals surface area contributed by atoms with Gasteiger partial charge in [-0.15, -0.1) is 11.3 Å². The van der Waals surface area contributed by atoms with Gasteiger partial charge in [0.1, 0.15) is 0 Å². The van der Waals surface area contributed by atoms with E-state index in [4.69, 9.17) is 4.74 Å². The monoisotopic (exact) mass is 369 g/mol. The first-order valence-electron chi connectivity index (χ1n) is 8.38. The van der Waals surface area contributed by atoms with Gasteiger partial charge in [-0.1, -0.05) is 0 Å². The van der Waals surface area contributed by atoms with E-state index in [-0.39, 0.29) is 5.91 Å². The summed E-state index contributed by atoms with van der Waals surface area (Å²) in [7, 11) is 1.86. The Hall–Kier alpha value is -2.71. The van der Waals surface area contributed by atoms with Crippen LogP contribution in [0.1, 0.15) is 10.4 Å². The lowest BCUT2D eigenvalue weighted by molar-refractivity contribution is 0.102. The lowest BCUT2D eigenvalue weighted by Crippen LogP contribution is -2.36. The molecular weight excluding hydrogens is 350 g/mol. The Balaban J connectivity index is 1.42. The van der Waals surface area contributed by atoms with Crippen molar-refractivity contribution in [3.05, 3.63) is 47.6 Å². The molecule has 0 bridgehead atoms. The van der Waals surface area contributed by atoms with Gasteiger partial charge in [0.2, 0.25) is 0 Å². The van der Waals surface area contributed by atoms with Gasteiger partial charge in [-0.05, 0) is 24.3 Å². The molecular formula is C18H19N5O2S. The Morgan fingerprint density at radius 1 is 1.23 bits per heavy atom. The van der Waals surface area contributed by atoms with E-state index in [0.29, 0.717) is 10.7 Å². The second-order valence-electron chi connectivity index (χ2n) is 6.04. The topological polar surface area (TPSA) is 72.3 Å². The number of rotatable bonds is 4. The first kappa shape index (κ1) is 16.7. The summed E-state index contributed by atoms with van der Waals surface area (Å²) in [6.07, 6.45) is 3.65. The van der Waals surface area contributed by atoms with E-state index in [1.807, 2.05) is 42.9 Å². The molecule has 0 spiro atoms. The largest absolute Gasteiger partial charge is 0.378 e. The van der Waals surface area contributed by atoms with E-state index >= 15 is 0 Å². The van der Waals surface area contributed by atoms with Gasteiger partial charge in [-0.2, -0.15) is 5.10 Å². The van der Waals surface area contributed by atoms with Crippen molar-refractivity contribution >= 4 is 28.1 Å². The van der Waals surface area contributed by atoms with E-state index in [0.717, 1.165) is 43.2 Å². The molecule has 1 N–H and O–H groups in total. The molecule has 26 heavy (non-hydrogen) atoms. The zero-order valence-electron chi connectivity index (χ0n) is 14.4. The number of carbonyl (C=O) groups is 1. The second kappa shape index (κ2) is 7.27. The summed E-state index contributed by atoms with van der Waals surface area (Å²) in [5, 5.41) is 9.49. The van der Waals surface area contributed by atoms with Crippen LogP contribution < -0.4 is 10.2 Å². The van der Waals surface area contributed by atoms with Gasteiger partial charge < -0.3 is 9.64 Å². The normalized spacial score (nSPS) is 14.4. The minimum absolute atomic E-state index is 0.161. The van der Waals surface area contributed by atoms with E-state index < -0.39 is 0 Å². The zero-order chi connectivity index (χ0) is 17.9. The summed E-state index contributed by atoms with van der Waals surface area (Å²) < 4.78 is 7.09. The van der Waals surface area contributed by atoms with Crippen molar-refractivity contribution in [3.63, 3.8) is 0 Å². The number of nitrogens with one attached hydrogen (secondary N) is 1. The van der Waals surface area contributed by atoms with Crippen LogP contribution >= 0.6 is 11.3 Å². The molecule has 134 valence electrons. The number of morpholine rings is 1. The quantitative estimate of drug-likeness (QED) is 0.765. The van der Waals surface area contributed by atoms with Gasteiger partial charge in [0.25, 0.3) is 5.91 Å². The van der Waals surface area contributed by atoms with Crippen LogP contribution in [-0.2, 0) is 11.8 Å². The van der Waals surface area contributed by atoms with Crippen molar-refractivity contribution in [2.45, 2.75) is 0 Å². The average molecular weight is 369 g/mol. The Labute approximate surface area is 155 Å². The molecule has 1 amide bonds. The predicted molar refractivity (Wildman–Crippen MR) is 102 cm³/mol. The molecule has 8 heteroatoms. The van der Waals surface area contributed by atoms with E-state index in [1.54, 1.807) is 10.9 Å². The van der Waals surface area contributed by atoms with Crippen molar-refractivity contribution in [3.8, 4) is 11.3 Å². The zero-order valence-corrected chi connectivity index (χ0v) is 15.2. The van der Waals surface area contributed by atoms with Gasteiger partial charge in [0, 0.05) is 48.5 Å². The van der Waals surface area contributed by atoms with Crippen LogP contribution in [0.25, 0.3) is 11.3 Å². The van der Waals surface area contributed by atoms with Crippen molar-refractivity contribution < 1.29 is 9.53 Å². The number of anilines is 2. The minimum atomic E-state index is -0.161. The third-order valence-electron chi connectivity index (χ3n) is 4.23. The summed E-state index contributed by atoms with van der Waals surface area (Å²) in [5.74, 6) is -0.161. The second-order valence-corrected chi connectivity index (χ2v) is 6.90. The molecule has 1 saturated heterocycles. The first-order chi connectivity index (χ1) is 12.7. The number of amides is 1. The van der Waals surface area contributed by atoms with E-state index in [9.17, 15) is 4.79 Å². The number of aryl methyl sites for hydroxylation is 1. The summed E-state index contributed by atoms with van der Waals surface area (Å²) in [6, 6.07) is 7.64. The van der Waals surface area contributed by atoms with Crippen LogP contribution in [0.15, 0.2) is 42.0 Å². The average Bonchev–Trinajstić information content (AvgIpc) is 3.31. The van der Waals surface area contributed by atoms with E-state index in [2.05, 4.69) is 20.3 Å². The molecule has 1 aliphatic rings. The number of benzene rings is 1. The standard InChI is InChI=1S/C18H19N5O2S/c1-22-11-14(10-19-22)16-12-26-18(20-16)21-17(24)13-2-4-15(5-3-13)23-6-8-25-9-7-23/h2-5,10-12H,6-9H2,1H3,(H,20,21,24). The molecule has 0 atom stereocenters. The number of aromatic nitrogens is 3. The fourth-order valence-corrected chi connectivity index (χ4v) is 3.55. The number of nitrogens with zero attached hydrogens (tertiary/aromatic N) is 4. The smallest absolute Gasteiger partial charge is 0.257 e. The van der Waals surface area contributed by atoms with Gasteiger partial charge in [0.15, 0.2) is 5.13 Å². The summed E-state index contributed by atoms with van der Waals surface area (Å²) in [6.45, 7) is 3.24. The Morgan fingerprint density at radius 2 is 2.00 bits per heavy atom. The van der Waals surface area contributed by atoms with Gasteiger partial charge in [-0.25, -0.2) is 4.98 Å². The highest BCUT2D eigenvalue weighted by molar-refractivity contribution is 7.14. The van der Waals surface area contributed by atoms with Crippen molar-refractivity contribution in [2.75, 3.05) is 36.5 Å². The molecule has 1 aliphatic heterocycles. The van der Waals surface area contributed by atoms with Gasteiger partial charge in [0.05, 0.1) is 25.1 Å². The van der Waals surface area contributed by atoms with Crippen LogP contribution in [-0.4, -0.2) is 47.0 Å². The molecule has 0 aliphatic carbocycles. The minimum Gasteiger partial charge on any atom is -0.378 e. The lowest BCUT2D eigenvalue weighted by Gasteiger charge is -2.28. The fourth-order valence-electron chi connectivity index (χ4n) is 2.83. The van der Waals surface area contributed by atoms with Crippen molar-refractivity contribution in [1.82, 2.24) is 14.8 Å². The molecule has 1 fully saturated rings. The summed E-state index contributed by atoms with van der Waals surface area (Å²) in [4.78, 5) is 19.2. The Morgan fingerprint density at radius 3 is 2.69 bits per heavy atom. The maximum atomic E-state index is 12.5. The summed E-state index contributed by atoms with van der Waals surface area (Å²) >= 11 is 1.40. The van der Waals surface area contributed by atoms with Gasteiger partial charge in [-0.3, -0.25) is 14.8 Å². The molecule has 3 aromatic rings. The van der Waals surface area contributed by atoms with Crippen LogP contribution in [0.3, 0.4) is 0 Å². The Kier molecular flexibility index (Phi) is 4.68. The molecule has 7 nitrogen and oxygen atoms in total. The third kappa shape index (κ3) is 3.61.